The van der Waals surface area contributed by atoms with Crippen LogP contribution >= 0.6 is 0 Å². The second-order valence-electron chi connectivity index (χ2n) is 7.48. The molecule has 0 saturated carbocycles. The van der Waals surface area contributed by atoms with Crippen molar-refractivity contribution in [3.05, 3.63) is 94.5 Å². The van der Waals surface area contributed by atoms with E-state index >= 15 is 4.39 Å². The van der Waals surface area contributed by atoms with Crippen molar-refractivity contribution in [1.29, 1.82) is 0 Å². The molecule has 1 aliphatic rings. The number of carbonyl (C=O) groups excluding carboxylic acids is 2. The highest BCUT2D eigenvalue weighted by molar-refractivity contribution is 6.03. The molecule has 0 aliphatic carbocycles. The number of carbonyl (C=O) groups is 2. The van der Waals surface area contributed by atoms with E-state index in [4.69, 9.17) is 9.47 Å². The summed E-state index contributed by atoms with van der Waals surface area (Å²) in [6.07, 6.45) is -3.36. The number of hydrogen-bond acceptors (Lipinski definition) is 6. The fraction of sp³-hybridized carbons (Fsp3) is 0.250. The predicted molar refractivity (Wildman–Crippen MR) is 118 cm³/mol. The van der Waals surface area contributed by atoms with Gasteiger partial charge in [-0.25, -0.2) is 14.0 Å². The van der Waals surface area contributed by atoms with Gasteiger partial charge < -0.3 is 14.8 Å². The number of halogens is 1. The van der Waals surface area contributed by atoms with E-state index in [2.05, 4.69) is 10.3 Å². The summed E-state index contributed by atoms with van der Waals surface area (Å²) in [7, 11) is 0. The first-order valence-electron chi connectivity index (χ1n) is 10.5. The van der Waals surface area contributed by atoms with Crippen LogP contribution in [0, 0.1) is 0 Å². The number of aromatic nitrogens is 2. The molecule has 9 heteroatoms. The van der Waals surface area contributed by atoms with Crippen molar-refractivity contribution < 1.29 is 23.5 Å². The number of benzene rings is 2. The van der Waals surface area contributed by atoms with Crippen molar-refractivity contribution in [2.75, 3.05) is 5.32 Å². The lowest BCUT2D eigenvalue weighted by molar-refractivity contribution is -0.0326. The molecule has 0 unspecified atom stereocenters. The second kappa shape index (κ2) is 9.74. The van der Waals surface area contributed by atoms with Crippen LogP contribution in [0.4, 0.5) is 10.2 Å². The van der Waals surface area contributed by atoms with Crippen LogP contribution in [-0.4, -0.2) is 39.8 Å². The molecule has 1 fully saturated rings. The van der Waals surface area contributed by atoms with Gasteiger partial charge in [0.1, 0.15) is 11.9 Å². The van der Waals surface area contributed by atoms with Gasteiger partial charge in [0.15, 0.2) is 18.5 Å². The third-order valence-electron chi connectivity index (χ3n) is 5.30. The SMILES string of the molecule is CC[C@H]1O[C@@H](n2ccc(NC(=O)c3ccccc3)nc2=O)[C@H](F)[C@@H]1OC(=O)c1ccccc1. The Kier molecular flexibility index (Phi) is 6.60. The smallest absolute Gasteiger partial charge is 0.351 e. The standard InChI is InChI=1S/C24H22FN3O5/c1-2-17-20(33-23(30)16-11-7-4-8-12-16)19(25)22(32-17)28-14-13-18(27-24(28)31)26-21(29)15-9-5-3-6-10-15/h3-14,17,19-20,22H,2H2,1H3,(H,26,27,29,31)/t17-,19-,20-,22-/m1/s1. The number of ether oxygens (including phenoxy) is 2. The van der Waals surface area contributed by atoms with Crippen LogP contribution in [0.25, 0.3) is 0 Å². The molecule has 1 aromatic heterocycles. The van der Waals surface area contributed by atoms with Crippen LogP contribution in [0.1, 0.15) is 40.3 Å². The average Bonchev–Trinajstić information content (AvgIpc) is 3.15. The van der Waals surface area contributed by atoms with Crippen LogP contribution in [0.5, 0.6) is 0 Å². The molecule has 1 N–H and O–H groups in total. The maximum atomic E-state index is 15.3. The van der Waals surface area contributed by atoms with Gasteiger partial charge in [0.2, 0.25) is 0 Å². The number of amides is 1. The molecular weight excluding hydrogens is 429 g/mol. The largest absolute Gasteiger partial charge is 0.453 e. The predicted octanol–water partition coefficient (Wildman–Crippen LogP) is 3.37. The van der Waals surface area contributed by atoms with Gasteiger partial charge in [-0.3, -0.25) is 9.36 Å². The van der Waals surface area contributed by atoms with E-state index in [1.54, 1.807) is 67.6 Å². The number of esters is 1. The normalized spacial score (nSPS) is 22.0. The summed E-state index contributed by atoms with van der Waals surface area (Å²) in [6.45, 7) is 1.77. The molecule has 3 aromatic rings. The van der Waals surface area contributed by atoms with Crippen molar-refractivity contribution in [2.45, 2.75) is 38.0 Å². The summed E-state index contributed by atoms with van der Waals surface area (Å²) >= 11 is 0. The number of alkyl halides is 1. The number of hydrogen-bond donors (Lipinski definition) is 1. The van der Waals surface area contributed by atoms with Crippen molar-refractivity contribution in [1.82, 2.24) is 9.55 Å². The summed E-state index contributed by atoms with van der Waals surface area (Å²) in [5.74, 6) is -1.08. The molecule has 1 saturated heterocycles. The van der Waals surface area contributed by atoms with Crippen molar-refractivity contribution >= 4 is 17.7 Å². The second-order valence-corrected chi connectivity index (χ2v) is 7.48. The molecule has 0 radical (unpaired) electrons. The lowest BCUT2D eigenvalue weighted by Gasteiger charge is -2.18. The van der Waals surface area contributed by atoms with Crippen molar-refractivity contribution in [2.24, 2.45) is 0 Å². The summed E-state index contributed by atoms with van der Waals surface area (Å²) in [4.78, 5) is 41.1. The quantitative estimate of drug-likeness (QED) is 0.577. The fourth-order valence-electron chi connectivity index (χ4n) is 3.61. The Balaban J connectivity index is 1.49. The van der Waals surface area contributed by atoms with Gasteiger partial charge in [0.05, 0.1) is 5.56 Å². The minimum Gasteiger partial charge on any atom is -0.453 e. The molecule has 33 heavy (non-hydrogen) atoms. The summed E-state index contributed by atoms with van der Waals surface area (Å²) in [5, 5.41) is 2.53. The monoisotopic (exact) mass is 451 g/mol. The lowest BCUT2D eigenvalue weighted by atomic mass is 10.1. The van der Waals surface area contributed by atoms with E-state index < -0.39 is 42.2 Å². The zero-order chi connectivity index (χ0) is 23.4. The molecular formula is C24H22FN3O5. The van der Waals surface area contributed by atoms with Crippen molar-refractivity contribution in [3.63, 3.8) is 0 Å². The van der Waals surface area contributed by atoms with Gasteiger partial charge in [0, 0.05) is 11.8 Å². The minimum atomic E-state index is -1.79. The summed E-state index contributed by atoms with van der Waals surface area (Å²) < 4.78 is 27.4. The van der Waals surface area contributed by atoms with Crippen LogP contribution in [0.2, 0.25) is 0 Å². The van der Waals surface area contributed by atoms with E-state index in [9.17, 15) is 14.4 Å². The number of nitrogens with one attached hydrogen (secondary N) is 1. The molecule has 1 amide bonds. The van der Waals surface area contributed by atoms with Crippen LogP contribution in [-0.2, 0) is 9.47 Å². The van der Waals surface area contributed by atoms with E-state index in [0.717, 1.165) is 4.57 Å². The maximum absolute atomic E-state index is 15.3. The van der Waals surface area contributed by atoms with Gasteiger partial charge in [-0.05, 0) is 36.8 Å². The average molecular weight is 451 g/mol. The Morgan fingerprint density at radius 3 is 2.30 bits per heavy atom. The van der Waals surface area contributed by atoms with E-state index in [0.29, 0.717) is 17.5 Å². The first-order chi connectivity index (χ1) is 16.0. The topological polar surface area (TPSA) is 99.5 Å². The minimum absolute atomic E-state index is 0.0256. The first kappa shape index (κ1) is 22.3. The van der Waals surface area contributed by atoms with E-state index in [1.165, 1.54) is 12.3 Å². The summed E-state index contributed by atoms with van der Waals surface area (Å²) in [6, 6.07) is 18.1. The molecule has 0 bridgehead atoms. The fourth-order valence-corrected chi connectivity index (χ4v) is 3.61. The Morgan fingerprint density at radius 1 is 1.06 bits per heavy atom. The highest BCUT2D eigenvalue weighted by Gasteiger charge is 2.48. The summed E-state index contributed by atoms with van der Waals surface area (Å²) in [5.41, 5.74) is -0.112. The molecule has 2 aromatic carbocycles. The number of rotatable bonds is 6. The molecule has 170 valence electrons. The van der Waals surface area contributed by atoms with Crippen molar-refractivity contribution in [3.8, 4) is 0 Å². The number of anilines is 1. The van der Waals surface area contributed by atoms with Gasteiger partial charge in [0.25, 0.3) is 5.91 Å². The van der Waals surface area contributed by atoms with Crippen LogP contribution < -0.4 is 11.0 Å². The lowest BCUT2D eigenvalue weighted by Crippen LogP contribution is -2.36. The zero-order valence-corrected chi connectivity index (χ0v) is 17.8. The molecule has 0 spiro atoms. The van der Waals surface area contributed by atoms with Gasteiger partial charge in [-0.1, -0.05) is 43.3 Å². The molecule has 4 rings (SSSR count). The molecule has 2 heterocycles. The molecule has 4 atom stereocenters. The third kappa shape index (κ3) is 4.83. The molecule has 8 nitrogen and oxygen atoms in total. The number of nitrogens with zero attached hydrogens (tertiary/aromatic N) is 2. The van der Waals surface area contributed by atoms with E-state index in [1.807, 2.05) is 0 Å². The van der Waals surface area contributed by atoms with Gasteiger partial charge >= 0.3 is 11.7 Å². The Hall–Kier alpha value is -3.85. The maximum Gasteiger partial charge on any atom is 0.351 e. The molecule has 1 aliphatic heterocycles. The van der Waals surface area contributed by atoms with Gasteiger partial charge in [-0.2, -0.15) is 4.98 Å². The van der Waals surface area contributed by atoms with Gasteiger partial charge in [-0.15, -0.1) is 0 Å². The van der Waals surface area contributed by atoms with Crippen LogP contribution in [0.3, 0.4) is 0 Å². The first-order valence-corrected chi connectivity index (χ1v) is 10.5. The highest BCUT2D eigenvalue weighted by Crippen LogP contribution is 2.35. The Bertz CT molecular complexity index is 1190. The van der Waals surface area contributed by atoms with Crippen LogP contribution in [0.15, 0.2) is 77.7 Å². The zero-order valence-electron chi connectivity index (χ0n) is 17.8. The Morgan fingerprint density at radius 2 is 1.70 bits per heavy atom. The van der Waals surface area contributed by atoms with E-state index in [-0.39, 0.29) is 5.82 Å². The third-order valence-corrected chi connectivity index (χ3v) is 5.30. The highest BCUT2D eigenvalue weighted by atomic mass is 19.1. The Labute approximate surface area is 189 Å².